The highest BCUT2D eigenvalue weighted by molar-refractivity contribution is 4.75. The second kappa shape index (κ2) is 4.23. The van der Waals surface area contributed by atoms with Crippen molar-refractivity contribution < 1.29 is 0 Å². The van der Waals surface area contributed by atoms with E-state index in [1.54, 1.807) is 4.90 Å². The molecule has 0 unspecified atom stereocenters. The molecule has 0 saturated heterocycles. The van der Waals surface area contributed by atoms with Crippen LogP contribution >= 0.6 is 0 Å². The lowest BCUT2D eigenvalue weighted by atomic mass is 9.89. The lowest BCUT2D eigenvalue weighted by Crippen LogP contribution is -2.22. The minimum Gasteiger partial charge on any atom is -0.313 e. The third-order valence-electron chi connectivity index (χ3n) is 2.43. The van der Waals surface area contributed by atoms with Gasteiger partial charge in [-0.3, -0.25) is 0 Å². The van der Waals surface area contributed by atoms with Gasteiger partial charge in [0.15, 0.2) is 6.19 Å². The summed E-state index contributed by atoms with van der Waals surface area (Å²) in [6, 6.07) is 0. The first-order chi connectivity index (χ1) is 5.33. The molecule has 1 fully saturated rings. The molecule has 0 heterocycles. The lowest BCUT2D eigenvalue weighted by Gasteiger charge is -2.23. The summed E-state index contributed by atoms with van der Waals surface area (Å²) in [5, 5.41) is 8.54. The molecule has 2 heteroatoms. The third-order valence-corrected chi connectivity index (χ3v) is 2.43. The van der Waals surface area contributed by atoms with E-state index in [-0.39, 0.29) is 0 Å². The van der Waals surface area contributed by atoms with Crippen LogP contribution in [0.15, 0.2) is 0 Å². The predicted octanol–water partition coefficient (Wildman–Crippen LogP) is 1.98. The minimum absolute atomic E-state index is 0.786. The Bertz CT molecular complexity index is 142. The fraction of sp³-hybridized carbons (Fsp3) is 0.889. The number of nitrogens with zero attached hydrogens (tertiary/aromatic N) is 2. The van der Waals surface area contributed by atoms with Gasteiger partial charge in [-0.15, -0.1) is 0 Å². The Morgan fingerprint density at radius 1 is 1.36 bits per heavy atom. The van der Waals surface area contributed by atoms with Crippen molar-refractivity contribution in [3.63, 3.8) is 0 Å². The van der Waals surface area contributed by atoms with Gasteiger partial charge in [-0.2, -0.15) is 5.26 Å². The molecule has 1 saturated carbocycles. The van der Waals surface area contributed by atoms with Crippen LogP contribution in [-0.4, -0.2) is 18.5 Å². The van der Waals surface area contributed by atoms with E-state index in [1.165, 1.54) is 32.1 Å². The normalized spacial score (nSPS) is 19.3. The van der Waals surface area contributed by atoms with Crippen LogP contribution < -0.4 is 0 Å². The molecule has 2 nitrogen and oxygen atoms in total. The van der Waals surface area contributed by atoms with Crippen molar-refractivity contribution >= 4 is 0 Å². The highest BCUT2D eigenvalue weighted by Gasteiger charge is 2.14. The van der Waals surface area contributed by atoms with E-state index in [0.29, 0.717) is 0 Å². The number of hydrogen-bond acceptors (Lipinski definition) is 2. The van der Waals surface area contributed by atoms with Gasteiger partial charge < -0.3 is 4.90 Å². The van der Waals surface area contributed by atoms with Crippen LogP contribution in [0, 0.1) is 17.4 Å². The van der Waals surface area contributed by atoms with Crippen LogP contribution in [0.2, 0.25) is 0 Å². The molecule has 0 amide bonds. The maximum atomic E-state index is 8.54. The molecule has 0 atom stereocenters. The van der Waals surface area contributed by atoms with Gasteiger partial charge in [-0.1, -0.05) is 19.3 Å². The monoisotopic (exact) mass is 152 g/mol. The van der Waals surface area contributed by atoms with Gasteiger partial charge in [0.25, 0.3) is 0 Å². The Morgan fingerprint density at radius 2 is 2.00 bits per heavy atom. The summed E-state index contributed by atoms with van der Waals surface area (Å²) in [6.45, 7) is 0.969. The second-order valence-corrected chi connectivity index (χ2v) is 3.48. The summed E-state index contributed by atoms with van der Waals surface area (Å²) in [5.41, 5.74) is 0. The van der Waals surface area contributed by atoms with Gasteiger partial charge in [0.2, 0.25) is 0 Å². The zero-order valence-corrected chi connectivity index (χ0v) is 7.21. The number of nitriles is 1. The fourth-order valence-electron chi connectivity index (χ4n) is 1.80. The van der Waals surface area contributed by atoms with E-state index in [1.807, 2.05) is 7.05 Å². The summed E-state index contributed by atoms with van der Waals surface area (Å²) in [5.74, 6) is 0.786. The Hall–Kier alpha value is -0.710. The highest BCUT2D eigenvalue weighted by atomic mass is 15.1. The van der Waals surface area contributed by atoms with Gasteiger partial charge in [-0.05, 0) is 18.8 Å². The molecule has 1 aliphatic rings. The quantitative estimate of drug-likeness (QED) is 0.447. The molecule has 0 aromatic carbocycles. The Morgan fingerprint density at radius 3 is 2.55 bits per heavy atom. The molecule has 1 rings (SSSR count). The smallest absolute Gasteiger partial charge is 0.179 e. The van der Waals surface area contributed by atoms with E-state index in [9.17, 15) is 0 Å². The molecule has 0 aliphatic heterocycles. The number of rotatable bonds is 2. The van der Waals surface area contributed by atoms with Crippen LogP contribution in [0.3, 0.4) is 0 Å². The Labute approximate surface area is 68.8 Å². The van der Waals surface area contributed by atoms with Crippen LogP contribution in [0.5, 0.6) is 0 Å². The average Bonchev–Trinajstić information content (AvgIpc) is 2.06. The molecule has 62 valence electrons. The summed E-state index contributed by atoms with van der Waals surface area (Å²) in [6.07, 6.45) is 8.92. The predicted molar refractivity (Wildman–Crippen MR) is 44.8 cm³/mol. The zero-order valence-electron chi connectivity index (χ0n) is 7.21. The molecular formula is C9H16N2. The summed E-state index contributed by atoms with van der Waals surface area (Å²) >= 11 is 0. The van der Waals surface area contributed by atoms with Crippen molar-refractivity contribution in [3.8, 4) is 6.19 Å². The van der Waals surface area contributed by atoms with Crippen LogP contribution in [0.25, 0.3) is 0 Å². The molecule has 0 bridgehead atoms. The van der Waals surface area contributed by atoms with Crippen molar-refractivity contribution in [2.75, 3.05) is 13.6 Å². The van der Waals surface area contributed by atoms with E-state index in [4.69, 9.17) is 5.26 Å². The first kappa shape index (κ1) is 8.39. The van der Waals surface area contributed by atoms with Gasteiger partial charge in [0.1, 0.15) is 0 Å². The molecule has 1 aliphatic carbocycles. The molecule has 0 radical (unpaired) electrons. The third kappa shape index (κ3) is 2.80. The zero-order chi connectivity index (χ0) is 8.10. The van der Waals surface area contributed by atoms with E-state index < -0.39 is 0 Å². The SMILES string of the molecule is CN(C#N)CC1CCCCC1. The van der Waals surface area contributed by atoms with Crippen molar-refractivity contribution in [3.05, 3.63) is 0 Å². The van der Waals surface area contributed by atoms with Gasteiger partial charge in [0, 0.05) is 13.6 Å². The van der Waals surface area contributed by atoms with Crippen molar-refractivity contribution in [1.82, 2.24) is 4.90 Å². The van der Waals surface area contributed by atoms with Gasteiger partial charge >= 0.3 is 0 Å². The maximum Gasteiger partial charge on any atom is 0.179 e. The standard InChI is InChI=1S/C9H16N2/c1-11(8-10)7-9-5-3-2-4-6-9/h9H,2-7H2,1H3. The van der Waals surface area contributed by atoms with Gasteiger partial charge in [-0.25, -0.2) is 0 Å². The molecule has 0 aromatic rings. The molecule has 0 aromatic heterocycles. The molecule has 0 spiro atoms. The summed E-state index contributed by atoms with van der Waals surface area (Å²) in [4.78, 5) is 1.75. The van der Waals surface area contributed by atoms with E-state index in [0.717, 1.165) is 12.5 Å². The first-order valence-corrected chi connectivity index (χ1v) is 4.44. The molecular weight excluding hydrogens is 136 g/mol. The van der Waals surface area contributed by atoms with E-state index in [2.05, 4.69) is 6.19 Å². The van der Waals surface area contributed by atoms with E-state index >= 15 is 0 Å². The minimum atomic E-state index is 0.786. The van der Waals surface area contributed by atoms with Gasteiger partial charge in [0.05, 0.1) is 0 Å². The number of hydrogen-bond donors (Lipinski definition) is 0. The molecule has 0 N–H and O–H groups in total. The van der Waals surface area contributed by atoms with Crippen molar-refractivity contribution in [2.45, 2.75) is 32.1 Å². The van der Waals surface area contributed by atoms with Crippen molar-refractivity contribution in [2.24, 2.45) is 5.92 Å². The average molecular weight is 152 g/mol. The Balaban J connectivity index is 2.20. The topological polar surface area (TPSA) is 27.0 Å². The molecule has 11 heavy (non-hydrogen) atoms. The highest BCUT2D eigenvalue weighted by Crippen LogP contribution is 2.23. The van der Waals surface area contributed by atoms with Crippen LogP contribution in [0.4, 0.5) is 0 Å². The largest absolute Gasteiger partial charge is 0.313 e. The Kier molecular flexibility index (Phi) is 3.22. The first-order valence-electron chi connectivity index (χ1n) is 4.44. The summed E-state index contributed by atoms with van der Waals surface area (Å²) in [7, 11) is 1.87. The van der Waals surface area contributed by atoms with Crippen molar-refractivity contribution in [1.29, 1.82) is 5.26 Å². The fourth-order valence-corrected chi connectivity index (χ4v) is 1.80. The second-order valence-electron chi connectivity index (χ2n) is 3.48. The van der Waals surface area contributed by atoms with Crippen LogP contribution in [-0.2, 0) is 0 Å². The lowest BCUT2D eigenvalue weighted by molar-refractivity contribution is 0.287. The van der Waals surface area contributed by atoms with Crippen LogP contribution in [0.1, 0.15) is 32.1 Å². The maximum absolute atomic E-state index is 8.54. The summed E-state index contributed by atoms with van der Waals surface area (Å²) < 4.78 is 0.